The lowest BCUT2D eigenvalue weighted by Gasteiger charge is -2.16. The van der Waals surface area contributed by atoms with Crippen LogP contribution >= 0.6 is 22.9 Å². The van der Waals surface area contributed by atoms with Crippen LogP contribution in [0.3, 0.4) is 0 Å². The Labute approximate surface area is 166 Å². The maximum atomic E-state index is 12.7. The van der Waals surface area contributed by atoms with Gasteiger partial charge in [-0.3, -0.25) is 14.5 Å². The molecule has 27 heavy (non-hydrogen) atoms. The molecule has 8 heteroatoms. The van der Waals surface area contributed by atoms with Crippen molar-refractivity contribution in [2.45, 2.75) is 26.4 Å². The van der Waals surface area contributed by atoms with E-state index in [1.54, 1.807) is 12.1 Å². The molecule has 3 rings (SSSR count). The molecule has 2 aromatic heterocycles. The minimum Gasteiger partial charge on any atom is -0.353 e. The number of amides is 1. The van der Waals surface area contributed by atoms with E-state index in [1.807, 2.05) is 43.3 Å². The fraction of sp³-hybridized carbons (Fsp3) is 0.316. The lowest BCUT2D eigenvalue weighted by atomic mass is 10.1. The molecular weight excluding hydrogens is 384 g/mol. The third-order valence-electron chi connectivity index (χ3n) is 3.93. The second-order valence-electron chi connectivity index (χ2n) is 6.74. The quantitative estimate of drug-likeness (QED) is 0.661. The third-order valence-corrected chi connectivity index (χ3v) is 5.06. The van der Waals surface area contributed by atoms with Crippen LogP contribution in [0.15, 0.2) is 34.4 Å². The molecule has 3 aromatic rings. The second kappa shape index (κ2) is 8.21. The predicted molar refractivity (Wildman–Crippen MR) is 110 cm³/mol. The van der Waals surface area contributed by atoms with Gasteiger partial charge in [0.15, 0.2) is 0 Å². The van der Waals surface area contributed by atoms with Gasteiger partial charge in [0.2, 0.25) is 5.91 Å². The fourth-order valence-electron chi connectivity index (χ4n) is 2.83. The van der Waals surface area contributed by atoms with E-state index in [0.29, 0.717) is 27.6 Å². The Morgan fingerprint density at radius 2 is 2.04 bits per heavy atom. The van der Waals surface area contributed by atoms with Gasteiger partial charge in [0, 0.05) is 22.0 Å². The number of aromatic nitrogens is 2. The Bertz CT molecular complexity index is 1010. The average Bonchev–Trinajstić information content (AvgIpc) is 2.98. The highest BCUT2D eigenvalue weighted by Crippen LogP contribution is 2.31. The van der Waals surface area contributed by atoms with Crippen molar-refractivity contribution in [1.29, 1.82) is 0 Å². The van der Waals surface area contributed by atoms with Gasteiger partial charge >= 0.3 is 0 Å². The number of benzene rings is 1. The smallest absolute Gasteiger partial charge is 0.260 e. The van der Waals surface area contributed by atoms with Crippen molar-refractivity contribution in [3.05, 3.63) is 50.8 Å². The number of halogens is 1. The first-order chi connectivity index (χ1) is 12.8. The van der Waals surface area contributed by atoms with E-state index in [4.69, 9.17) is 11.6 Å². The Morgan fingerprint density at radius 1 is 1.33 bits per heavy atom. The zero-order valence-corrected chi connectivity index (χ0v) is 16.9. The molecule has 0 fully saturated rings. The SMILES string of the molecule is CC(C)NC(=O)CN(C)Cc1nc2scc(-c3ccc(Cl)cc3)c2c(=O)[nH]1. The van der Waals surface area contributed by atoms with Crippen molar-refractivity contribution in [2.24, 2.45) is 0 Å². The van der Waals surface area contributed by atoms with Gasteiger partial charge in [0.25, 0.3) is 5.56 Å². The van der Waals surface area contributed by atoms with Crippen LogP contribution in [0.2, 0.25) is 5.02 Å². The summed E-state index contributed by atoms with van der Waals surface area (Å²) in [7, 11) is 1.82. The van der Waals surface area contributed by atoms with Gasteiger partial charge in [-0.05, 0) is 38.6 Å². The summed E-state index contributed by atoms with van der Waals surface area (Å²) in [4.78, 5) is 34.4. The normalized spacial score (nSPS) is 11.5. The summed E-state index contributed by atoms with van der Waals surface area (Å²) in [6, 6.07) is 7.47. The Balaban J connectivity index is 1.83. The average molecular weight is 405 g/mol. The van der Waals surface area contributed by atoms with Crippen molar-refractivity contribution in [3.8, 4) is 11.1 Å². The first-order valence-corrected chi connectivity index (χ1v) is 9.83. The summed E-state index contributed by atoms with van der Waals surface area (Å²) in [6.45, 7) is 4.45. The lowest BCUT2D eigenvalue weighted by Crippen LogP contribution is -2.38. The molecule has 1 amide bonds. The van der Waals surface area contributed by atoms with Crippen LogP contribution in [0.5, 0.6) is 0 Å². The number of fused-ring (bicyclic) bond motifs is 1. The fourth-order valence-corrected chi connectivity index (χ4v) is 3.93. The minimum atomic E-state index is -0.179. The van der Waals surface area contributed by atoms with Gasteiger partial charge in [-0.15, -0.1) is 11.3 Å². The standard InChI is InChI=1S/C19H21ClN4O2S/c1-11(2)21-16(25)9-24(3)8-15-22-18(26)17-14(10-27-19(17)23-15)12-4-6-13(20)7-5-12/h4-7,10-11H,8-9H2,1-3H3,(H,21,25)(H,22,23,26). The van der Waals surface area contributed by atoms with E-state index in [9.17, 15) is 9.59 Å². The number of hydrogen-bond donors (Lipinski definition) is 2. The molecule has 0 aliphatic heterocycles. The lowest BCUT2D eigenvalue weighted by molar-refractivity contribution is -0.122. The Hall–Kier alpha value is -2.22. The first-order valence-electron chi connectivity index (χ1n) is 8.57. The van der Waals surface area contributed by atoms with Crippen LogP contribution in [0.1, 0.15) is 19.7 Å². The van der Waals surface area contributed by atoms with E-state index in [0.717, 1.165) is 11.1 Å². The number of hydrogen-bond acceptors (Lipinski definition) is 5. The molecule has 6 nitrogen and oxygen atoms in total. The number of rotatable bonds is 6. The summed E-state index contributed by atoms with van der Waals surface area (Å²) >= 11 is 7.37. The summed E-state index contributed by atoms with van der Waals surface area (Å²) in [6.07, 6.45) is 0. The molecule has 0 saturated heterocycles. The zero-order chi connectivity index (χ0) is 19.6. The van der Waals surface area contributed by atoms with Gasteiger partial charge in [0.1, 0.15) is 10.7 Å². The predicted octanol–water partition coefficient (Wildman–Crippen LogP) is 3.26. The molecular formula is C19H21ClN4O2S. The second-order valence-corrected chi connectivity index (χ2v) is 8.04. The first kappa shape index (κ1) is 19.5. The Kier molecular flexibility index (Phi) is 5.94. The minimum absolute atomic E-state index is 0.0583. The number of nitrogens with zero attached hydrogens (tertiary/aromatic N) is 2. The van der Waals surface area contributed by atoms with E-state index in [2.05, 4.69) is 15.3 Å². The van der Waals surface area contributed by atoms with Crippen LogP contribution in [-0.2, 0) is 11.3 Å². The molecule has 0 bridgehead atoms. The molecule has 0 aliphatic rings. The van der Waals surface area contributed by atoms with E-state index in [1.165, 1.54) is 11.3 Å². The van der Waals surface area contributed by atoms with Crippen molar-refractivity contribution >= 4 is 39.1 Å². The largest absolute Gasteiger partial charge is 0.353 e. The van der Waals surface area contributed by atoms with Crippen molar-refractivity contribution in [2.75, 3.05) is 13.6 Å². The van der Waals surface area contributed by atoms with E-state index >= 15 is 0 Å². The van der Waals surface area contributed by atoms with Crippen LogP contribution in [-0.4, -0.2) is 40.4 Å². The van der Waals surface area contributed by atoms with Crippen LogP contribution < -0.4 is 10.9 Å². The number of carbonyl (C=O) groups is 1. The maximum absolute atomic E-state index is 12.7. The van der Waals surface area contributed by atoms with Gasteiger partial charge in [-0.1, -0.05) is 23.7 Å². The molecule has 0 atom stereocenters. The number of H-pyrrole nitrogens is 1. The van der Waals surface area contributed by atoms with E-state index < -0.39 is 0 Å². The maximum Gasteiger partial charge on any atom is 0.260 e. The highest BCUT2D eigenvalue weighted by atomic mass is 35.5. The van der Waals surface area contributed by atoms with Gasteiger partial charge in [-0.2, -0.15) is 0 Å². The van der Waals surface area contributed by atoms with Crippen LogP contribution in [0.4, 0.5) is 0 Å². The van der Waals surface area contributed by atoms with Crippen molar-refractivity contribution < 1.29 is 4.79 Å². The number of carbonyl (C=O) groups excluding carboxylic acids is 1. The molecule has 1 aromatic carbocycles. The monoisotopic (exact) mass is 404 g/mol. The van der Waals surface area contributed by atoms with Gasteiger partial charge in [0.05, 0.1) is 18.5 Å². The number of aromatic amines is 1. The molecule has 0 spiro atoms. The molecule has 2 N–H and O–H groups in total. The number of nitrogens with one attached hydrogen (secondary N) is 2. The van der Waals surface area contributed by atoms with Crippen LogP contribution in [0, 0.1) is 0 Å². The molecule has 0 radical (unpaired) electrons. The number of thiophene rings is 1. The summed E-state index contributed by atoms with van der Waals surface area (Å²) in [5, 5.41) is 6.00. The Morgan fingerprint density at radius 3 is 2.70 bits per heavy atom. The summed E-state index contributed by atoms with van der Waals surface area (Å²) < 4.78 is 0. The molecule has 0 aliphatic carbocycles. The van der Waals surface area contributed by atoms with Gasteiger partial charge < -0.3 is 10.3 Å². The zero-order valence-electron chi connectivity index (χ0n) is 15.4. The van der Waals surface area contributed by atoms with Crippen LogP contribution in [0.25, 0.3) is 21.3 Å². The van der Waals surface area contributed by atoms with Gasteiger partial charge in [-0.25, -0.2) is 4.98 Å². The topological polar surface area (TPSA) is 78.1 Å². The van der Waals surface area contributed by atoms with E-state index in [-0.39, 0.29) is 24.1 Å². The molecule has 142 valence electrons. The molecule has 0 saturated carbocycles. The molecule has 0 unspecified atom stereocenters. The van der Waals surface area contributed by atoms with Crippen molar-refractivity contribution in [1.82, 2.24) is 20.2 Å². The molecule has 2 heterocycles. The highest BCUT2D eigenvalue weighted by Gasteiger charge is 2.15. The highest BCUT2D eigenvalue weighted by molar-refractivity contribution is 7.17. The third kappa shape index (κ3) is 4.74. The van der Waals surface area contributed by atoms with Crippen molar-refractivity contribution in [3.63, 3.8) is 0 Å². The summed E-state index contributed by atoms with van der Waals surface area (Å²) in [5.41, 5.74) is 1.59. The summed E-state index contributed by atoms with van der Waals surface area (Å²) in [5.74, 6) is 0.480. The number of likely N-dealkylation sites (N-methyl/N-ethyl adjacent to an activating group) is 1.